The first kappa shape index (κ1) is 15.4. The van der Waals surface area contributed by atoms with E-state index < -0.39 is 5.82 Å². The van der Waals surface area contributed by atoms with Crippen LogP contribution in [0.4, 0.5) is 10.2 Å². The van der Waals surface area contributed by atoms with Crippen molar-refractivity contribution in [2.45, 2.75) is 19.2 Å². The van der Waals surface area contributed by atoms with Crippen molar-refractivity contribution < 1.29 is 9.13 Å². The van der Waals surface area contributed by atoms with Gasteiger partial charge in [-0.15, -0.1) is 0 Å². The number of fused-ring (bicyclic) bond motifs is 3. The smallest absolute Gasteiger partial charge is 0.352 e. The molecule has 3 heterocycles. The van der Waals surface area contributed by atoms with Crippen LogP contribution in [0.5, 0.6) is 5.88 Å². The van der Waals surface area contributed by atoms with E-state index in [0.29, 0.717) is 12.1 Å². The summed E-state index contributed by atoms with van der Waals surface area (Å²) in [5.41, 5.74) is 0.401. The zero-order valence-corrected chi connectivity index (χ0v) is 13.6. The zero-order chi connectivity index (χ0) is 16.7. The number of nitrogens with one attached hydrogen (secondary N) is 1. The summed E-state index contributed by atoms with van der Waals surface area (Å²) in [6, 6.07) is 6.45. The number of benzene rings is 1. The zero-order valence-electron chi connectivity index (χ0n) is 12.8. The molecule has 1 atom stereocenters. The van der Waals surface area contributed by atoms with Crippen LogP contribution in [0.15, 0.2) is 29.1 Å². The molecule has 1 aromatic carbocycles. The fourth-order valence-electron chi connectivity index (χ4n) is 3.18. The van der Waals surface area contributed by atoms with Gasteiger partial charge in [0.25, 0.3) is 0 Å². The van der Waals surface area contributed by atoms with E-state index in [-0.39, 0.29) is 29.2 Å². The second-order valence-corrected chi connectivity index (χ2v) is 6.34. The van der Waals surface area contributed by atoms with Crippen LogP contribution in [-0.4, -0.2) is 35.2 Å². The van der Waals surface area contributed by atoms with Crippen LogP contribution in [0.3, 0.4) is 0 Å². The third kappa shape index (κ3) is 2.74. The first-order chi connectivity index (χ1) is 11.6. The number of nitrogens with zero attached hydrogens (tertiary/aromatic N) is 3. The SMILES string of the molecule is O=c1nc(OCc2ccc(F)c(Cl)c2)cc2n1CC1CNCCN21. The maximum Gasteiger partial charge on any atom is 0.352 e. The molecule has 0 bridgehead atoms. The third-order valence-corrected chi connectivity index (χ3v) is 4.66. The van der Waals surface area contributed by atoms with E-state index in [4.69, 9.17) is 16.3 Å². The number of piperazine rings is 1. The van der Waals surface area contributed by atoms with Gasteiger partial charge in [-0.25, -0.2) is 9.18 Å². The normalized spacial score (nSPS) is 19.1. The van der Waals surface area contributed by atoms with Crippen LogP contribution < -0.4 is 20.6 Å². The first-order valence-electron chi connectivity index (χ1n) is 7.78. The van der Waals surface area contributed by atoms with Crippen LogP contribution in [0.1, 0.15) is 5.56 Å². The van der Waals surface area contributed by atoms with Crippen molar-refractivity contribution in [3.63, 3.8) is 0 Å². The summed E-state index contributed by atoms with van der Waals surface area (Å²) in [6.07, 6.45) is 0. The number of rotatable bonds is 3. The largest absolute Gasteiger partial charge is 0.473 e. The number of hydrogen-bond acceptors (Lipinski definition) is 5. The minimum atomic E-state index is -0.473. The van der Waals surface area contributed by atoms with Crippen molar-refractivity contribution >= 4 is 17.4 Å². The Morgan fingerprint density at radius 3 is 3.12 bits per heavy atom. The molecule has 1 aromatic heterocycles. The summed E-state index contributed by atoms with van der Waals surface area (Å²) in [5, 5.41) is 3.37. The van der Waals surface area contributed by atoms with Gasteiger partial charge < -0.3 is 15.0 Å². The number of anilines is 1. The highest BCUT2D eigenvalue weighted by Crippen LogP contribution is 2.27. The summed E-state index contributed by atoms with van der Waals surface area (Å²) in [5.74, 6) is 0.638. The second kappa shape index (κ2) is 6.07. The van der Waals surface area contributed by atoms with E-state index in [0.717, 1.165) is 25.5 Å². The summed E-state index contributed by atoms with van der Waals surface area (Å²) in [6.45, 7) is 3.40. The lowest BCUT2D eigenvalue weighted by molar-refractivity contribution is 0.291. The van der Waals surface area contributed by atoms with Crippen molar-refractivity contribution in [2.75, 3.05) is 24.5 Å². The van der Waals surface area contributed by atoms with Gasteiger partial charge in [0.2, 0.25) is 5.88 Å². The van der Waals surface area contributed by atoms with Gasteiger partial charge >= 0.3 is 5.69 Å². The Bertz CT molecular complexity index is 841. The van der Waals surface area contributed by atoms with Crippen molar-refractivity contribution in [2.24, 2.45) is 0 Å². The molecular weight excluding hydrogens is 335 g/mol. The summed E-state index contributed by atoms with van der Waals surface area (Å²) in [4.78, 5) is 18.4. The van der Waals surface area contributed by atoms with E-state index in [9.17, 15) is 9.18 Å². The lowest BCUT2D eigenvalue weighted by atomic mass is 10.2. The molecule has 24 heavy (non-hydrogen) atoms. The highest BCUT2D eigenvalue weighted by Gasteiger charge is 2.32. The van der Waals surface area contributed by atoms with Gasteiger partial charge in [-0.3, -0.25) is 4.57 Å². The van der Waals surface area contributed by atoms with Crippen molar-refractivity contribution in [1.82, 2.24) is 14.9 Å². The molecule has 8 heteroatoms. The number of aromatic nitrogens is 2. The highest BCUT2D eigenvalue weighted by atomic mass is 35.5. The van der Waals surface area contributed by atoms with Crippen LogP contribution >= 0.6 is 11.6 Å². The minimum absolute atomic E-state index is 0.0433. The van der Waals surface area contributed by atoms with Gasteiger partial charge in [0.1, 0.15) is 18.2 Å². The van der Waals surface area contributed by atoms with Gasteiger partial charge in [0.05, 0.1) is 17.6 Å². The maximum absolute atomic E-state index is 13.2. The number of halogens is 2. The van der Waals surface area contributed by atoms with Crippen molar-refractivity contribution in [3.8, 4) is 5.88 Å². The lowest BCUT2D eigenvalue weighted by Gasteiger charge is -2.31. The fraction of sp³-hybridized carbons (Fsp3) is 0.375. The van der Waals surface area contributed by atoms with Gasteiger partial charge in [-0.05, 0) is 17.7 Å². The Labute approximate surface area is 142 Å². The molecule has 0 amide bonds. The average Bonchev–Trinajstić information content (AvgIpc) is 2.95. The van der Waals surface area contributed by atoms with E-state index >= 15 is 0 Å². The predicted octanol–water partition coefficient (Wildman–Crippen LogP) is 1.41. The Hall–Kier alpha value is -2.12. The molecule has 6 nitrogen and oxygen atoms in total. The van der Waals surface area contributed by atoms with E-state index in [1.165, 1.54) is 12.1 Å². The Balaban J connectivity index is 1.56. The van der Waals surface area contributed by atoms with Crippen molar-refractivity contribution in [1.29, 1.82) is 0 Å². The monoisotopic (exact) mass is 350 g/mol. The molecule has 1 N–H and O–H groups in total. The molecule has 1 fully saturated rings. The van der Waals surface area contributed by atoms with Gasteiger partial charge in [0, 0.05) is 25.7 Å². The van der Waals surface area contributed by atoms with Gasteiger partial charge in [-0.1, -0.05) is 17.7 Å². The van der Waals surface area contributed by atoms with E-state index in [1.807, 2.05) is 0 Å². The van der Waals surface area contributed by atoms with E-state index in [2.05, 4.69) is 15.2 Å². The highest BCUT2D eigenvalue weighted by molar-refractivity contribution is 6.30. The van der Waals surface area contributed by atoms with Crippen LogP contribution in [0.25, 0.3) is 0 Å². The average molecular weight is 351 g/mol. The molecule has 126 valence electrons. The lowest BCUT2D eigenvalue weighted by Crippen LogP contribution is -2.49. The standard InChI is InChI=1S/C16H16ClFN4O2/c17-12-5-10(1-2-13(12)18)9-24-14-6-15-21-4-3-19-7-11(21)8-22(15)16(23)20-14/h1-2,5-6,11,19H,3-4,7-9H2. The molecule has 2 aliphatic rings. The topological polar surface area (TPSA) is 59.4 Å². The van der Waals surface area contributed by atoms with Crippen LogP contribution in [-0.2, 0) is 13.2 Å². The predicted molar refractivity (Wildman–Crippen MR) is 88.2 cm³/mol. The molecule has 4 rings (SSSR count). The fourth-order valence-corrected chi connectivity index (χ4v) is 3.38. The molecule has 0 radical (unpaired) electrons. The summed E-state index contributed by atoms with van der Waals surface area (Å²) < 4.78 is 20.5. The molecule has 2 aromatic rings. The Kier molecular flexibility index (Phi) is 3.90. The molecule has 2 aliphatic heterocycles. The molecular formula is C16H16ClFN4O2. The van der Waals surface area contributed by atoms with Crippen LogP contribution in [0.2, 0.25) is 5.02 Å². The molecule has 1 saturated heterocycles. The van der Waals surface area contributed by atoms with Gasteiger partial charge in [-0.2, -0.15) is 4.98 Å². The second-order valence-electron chi connectivity index (χ2n) is 5.93. The molecule has 0 saturated carbocycles. The molecule has 0 aliphatic carbocycles. The first-order valence-corrected chi connectivity index (χ1v) is 8.15. The van der Waals surface area contributed by atoms with Crippen molar-refractivity contribution in [3.05, 3.63) is 51.2 Å². The Morgan fingerprint density at radius 1 is 1.42 bits per heavy atom. The minimum Gasteiger partial charge on any atom is -0.473 e. The Morgan fingerprint density at radius 2 is 2.29 bits per heavy atom. The summed E-state index contributed by atoms with van der Waals surface area (Å²) >= 11 is 5.76. The maximum atomic E-state index is 13.2. The number of hydrogen-bond donors (Lipinski definition) is 1. The van der Waals surface area contributed by atoms with Gasteiger partial charge in [0.15, 0.2) is 0 Å². The third-order valence-electron chi connectivity index (χ3n) is 4.37. The number of ether oxygens (including phenoxy) is 1. The quantitative estimate of drug-likeness (QED) is 0.907. The molecule has 1 unspecified atom stereocenters. The molecule has 0 spiro atoms. The van der Waals surface area contributed by atoms with E-state index in [1.54, 1.807) is 16.7 Å². The van der Waals surface area contributed by atoms with Crippen LogP contribution in [0, 0.1) is 5.82 Å². The summed E-state index contributed by atoms with van der Waals surface area (Å²) in [7, 11) is 0.